The van der Waals surface area contributed by atoms with E-state index in [1.165, 1.54) is 0 Å². The summed E-state index contributed by atoms with van der Waals surface area (Å²) >= 11 is 0. The number of rotatable bonds is 2. The average molecular weight is 176 g/mol. The van der Waals surface area contributed by atoms with Crippen LogP contribution in [-0.4, -0.2) is 20.5 Å². The molecule has 66 valence electrons. The molecule has 5 nitrogen and oxygen atoms in total. The Hall–Kier alpha value is -1.91. The van der Waals surface area contributed by atoms with E-state index in [0.29, 0.717) is 5.69 Å². The first-order valence-corrected chi connectivity index (χ1v) is 3.83. The Morgan fingerprint density at radius 1 is 1.62 bits per heavy atom. The van der Waals surface area contributed by atoms with Crippen molar-refractivity contribution in [2.45, 2.75) is 6.42 Å². The van der Waals surface area contributed by atoms with E-state index in [-0.39, 0.29) is 12.3 Å². The lowest BCUT2D eigenvalue weighted by molar-refractivity contribution is -0.117. The average Bonchev–Trinajstić information content (AvgIpc) is 2.44. The van der Waals surface area contributed by atoms with Crippen LogP contribution in [0.2, 0.25) is 0 Å². The summed E-state index contributed by atoms with van der Waals surface area (Å²) < 4.78 is 1.61. The minimum Gasteiger partial charge on any atom is -0.369 e. The summed E-state index contributed by atoms with van der Waals surface area (Å²) in [6.07, 6.45) is 3.51. The van der Waals surface area contributed by atoms with Crippen LogP contribution in [0.3, 0.4) is 0 Å². The quantitative estimate of drug-likeness (QED) is 0.686. The van der Waals surface area contributed by atoms with Gasteiger partial charge in [-0.3, -0.25) is 4.79 Å². The highest BCUT2D eigenvalue weighted by molar-refractivity contribution is 5.76. The van der Waals surface area contributed by atoms with E-state index in [2.05, 4.69) is 10.1 Å². The molecule has 0 fully saturated rings. The number of primary amides is 1. The van der Waals surface area contributed by atoms with Crippen molar-refractivity contribution in [2.24, 2.45) is 5.73 Å². The molecule has 0 radical (unpaired) electrons. The minimum atomic E-state index is -0.386. The molecule has 2 aromatic heterocycles. The van der Waals surface area contributed by atoms with Gasteiger partial charge in [0.1, 0.15) is 0 Å². The number of hydrogen-bond donors (Lipinski definition) is 1. The Bertz CT molecular complexity index is 415. The van der Waals surface area contributed by atoms with Crippen molar-refractivity contribution in [3.8, 4) is 0 Å². The van der Waals surface area contributed by atoms with Gasteiger partial charge in [0.05, 0.1) is 18.3 Å². The summed E-state index contributed by atoms with van der Waals surface area (Å²) in [4.78, 5) is 14.8. The summed E-state index contributed by atoms with van der Waals surface area (Å²) in [6, 6.07) is 3.61. The monoisotopic (exact) mass is 176 g/mol. The molecule has 0 bridgehead atoms. The van der Waals surface area contributed by atoms with Crippen LogP contribution in [0.25, 0.3) is 5.65 Å². The molecular weight excluding hydrogens is 168 g/mol. The normalized spacial score (nSPS) is 10.5. The van der Waals surface area contributed by atoms with Crippen LogP contribution in [-0.2, 0) is 11.2 Å². The molecule has 2 rings (SSSR count). The smallest absolute Gasteiger partial charge is 0.223 e. The van der Waals surface area contributed by atoms with Crippen LogP contribution in [0.1, 0.15) is 5.69 Å². The van der Waals surface area contributed by atoms with Crippen LogP contribution in [0.5, 0.6) is 0 Å². The molecule has 1 amide bonds. The summed E-state index contributed by atoms with van der Waals surface area (Å²) in [5.74, 6) is -0.386. The largest absolute Gasteiger partial charge is 0.369 e. The Morgan fingerprint density at radius 3 is 3.15 bits per heavy atom. The third kappa shape index (κ3) is 1.48. The molecule has 5 heteroatoms. The number of nitrogens with two attached hydrogens (primary N) is 1. The highest BCUT2D eigenvalue weighted by Crippen LogP contribution is 2.02. The van der Waals surface area contributed by atoms with E-state index in [1.54, 1.807) is 23.0 Å². The van der Waals surface area contributed by atoms with Crippen molar-refractivity contribution in [3.63, 3.8) is 0 Å². The van der Waals surface area contributed by atoms with Gasteiger partial charge in [-0.25, -0.2) is 9.50 Å². The SMILES string of the molecule is NC(=O)Cc1cn2ncccc2n1. The maximum atomic E-state index is 10.6. The Morgan fingerprint density at radius 2 is 2.46 bits per heavy atom. The van der Waals surface area contributed by atoms with Crippen LogP contribution in [0.15, 0.2) is 24.5 Å². The van der Waals surface area contributed by atoms with Crippen LogP contribution >= 0.6 is 0 Å². The lowest BCUT2D eigenvalue weighted by Crippen LogP contribution is -2.13. The summed E-state index contributed by atoms with van der Waals surface area (Å²) in [5.41, 5.74) is 6.40. The fraction of sp³-hybridized carbons (Fsp3) is 0.125. The van der Waals surface area contributed by atoms with E-state index in [0.717, 1.165) is 5.65 Å². The first-order valence-electron chi connectivity index (χ1n) is 3.83. The number of carbonyl (C=O) groups is 1. The molecule has 0 aliphatic carbocycles. The fourth-order valence-electron chi connectivity index (χ4n) is 1.14. The molecule has 2 N–H and O–H groups in total. The summed E-state index contributed by atoms with van der Waals surface area (Å²) in [7, 11) is 0. The Kier molecular flexibility index (Phi) is 1.70. The van der Waals surface area contributed by atoms with Gasteiger partial charge in [0, 0.05) is 6.20 Å². The number of carbonyl (C=O) groups excluding carboxylic acids is 1. The van der Waals surface area contributed by atoms with Crippen molar-refractivity contribution in [1.82, 2.24) is 14.6 Å². The van der Waals surface area contributed by atoms with E-state index in [1.807, 2.05) is 6.07 Å². The van der Waals surface area contributed by atoms with E-state index >= 15 is 0 Å². The topological polar surface area (TPSA) is 73.3 Å². The van der Waals surface area contributed by atoms with E-state index in [4.69, 9.17) is 5.73 Å². The van der Waals surface area contributed by atoms with Gasteiger partial charge < -0.3 is 5.73 Å². The Balaban J connectivity index is 2.44. The van der Waals surface area contributed by atoms with Crippen LogP contribution in [0, 0.1) is 0 Å². The van der Waals surface area contributed by atoms with Gasteiger partial charge in [-0.2, -0.15) is 5.10 Å². The predicted octanol–water partition coefficient (Wildman–Crippen LogP) is -0.243. The number of imidazole rings is 1. The second-order valence-electron chi connectivity index (χ2n) is 2.70. The van der Waals surface area contributed by atoms with Crippen molar-refractivity contribution >= 4 is 11.6 Å². The minimum absolute atomic E-state index is 0.156. The molecule has 2 heterocycles. The molecule has 0 atom stereocenters. The fourth-order valence-corrected chi connectivity index (χ4v) is 1.14. The van der Waals surface area contributed by atoms with Crippen molar-refractivity contribution in [1.29, 1.82) is 0 Å². The highest BCUT2D eigenvalue weighted by atomic mass is 16.1. The highest BCUT2D eigenvalue weighted by Gasteiger charge is 2.03. The number of hydrogen-bond acceptors (Lipinski definition) is 3. The molecule has 2 aromatic rings. The molecule has 0 aromatic carbocycles. The zero-order valence-electron chi connectivity index (χ0n) is 6.84. The molecule has 0 spiro atoms. The standard InChI is InChI=1S/C8H8N4O/c9-7(13)4-6-5-12-8(11-6)2-1-3-10-12/h1-3,5H,4H2,(H2,9,13). The second-order valence-corrected chi connectivity index (χ2v) is 2.70. The van der Waals surface area contributed by atoms with Gasteiger partial charge in [0.15, 0.2) is 5.65 Å². The van der Waals surface area contributed by atoms with Crippen LogP contribution in [0.4, 0.5) is 0 Å². The van der Waals surface area contributed by atoms with Crippen LogP contribution < -0.4 is 5.73 Å². The first kappa shape index (κ1) is 7.72. The van der Waals surface area contributed by atoms with Gasteiger partial charge in [0.2, 0.25) is 5.91 Å². The molecule has 0 aliphatic rings. The molecule has 0 saturated heterocycles. The third-order valence-electron chi connectivity index (χ3n) is 1.64. The first-order chi connectivity index (χ1) is 6.25. The van der Waals surface area contributed by atoms with E-state index in [9.17, 15) is 4.79 Å². The number of fused-ring (bicyclic) bond motifs is 1. The van der Waals surface area contributed by atoms with Gasteiger partial charge in [-0.05, 0) is 12.1 Å². The molecule has 0 saturated carbocycles. The van der Waals surface area contributed by atoms with Crippen molar-refractivity contribution < 1.29 is 4.79 Å². The summed E-state index contributed by atoms with van der Waals surface area (Å²) in [5, 5.41) is 4.01. The van der Waals surface area contributed by atoms with Gasteiger partial charge in [-0.15, -0.1) is 0 Å². The zero-order chi connectivity index (χ0) is 9.26. The van der Waals surface area contributed by atoms with Gasteiger partial charge >= 0.3 is 0 Å². The zero-order valence-corrected chi connectivity index (χ0v) is 6.84. The molecule has 13 heavy (non-hydrogen) atoms. The van der Waals surface area contributed by atoms with E-state index < -0.39 is 0 Å². The van der Waals surface area contributed by atoms with Gasteiger partial charge in [0.25, 0.3) is 0 Å². The molecular formula is C8H8N4O. The van der Waals surface area contributed by atoms with Crippen molar-refractivity contribution in [2.75, 3.05) is 0 Å². The number of nitrogens with zero attached hydrogens (tertiary/aromatic N) is 3. The molecule has 0 unspecified atom stereocenters. The maximum absolute atomic E-state index is 10.6. The lowest BCUT2D eigenvalue weighted by atomic mass is 10.3. The number of aromatic nitrogens is 3. The Labute approximate surface area is 74.2 Å². The van der Waals surface area contributed by atoms with Crippen molar-refractivity contribution in [3.05, 3.63) is 30.2 Å². The summed E-state index contributed by atoms with van der Waals surface area (Å²) in [6.45, 7) is 0. The van der Waals surface area contributed by atoms with Gasteiger partial charge in [-0.1, -0.05) is 0 Å². The second kappa shape index (κ2) is 2.85. The molecule has 0 aliphatic heterocycles. The predicted molar refractivity (Wildman–Crippen MR) is 45.9 cm³/mol. The number of amides is 1. The maximum Gasteiger partial charge on any atom is 0.223 e. The third-order valence-corrected chi connectivity index (χ3v) is 1.64. The lowest BCUT2D eigenvalue weighted by Gasteiger charge is -1.85.